The van der Waals surface area contributed by atoms with E-state index in [0.717, 1.165) is 6.08 Å². The van der Waals surface area contributed by atoms with Crippen LogP contribution in [0.25, 0.3) is 11.2 Å². The van der Waals surface area contributed by atoms with Crippen molar-refractivity contribution in [1.29, 1.82) is 0 Å². The number of aromatic nitrogens is 4. The van der Waals surface area contributed by atoms with E-state index < -0.39 is 57.2 Å². The predicted octanol–water partition coefficient (Wildman–Crippen LogP) is 1.86. The summed E-state index contributed by atoms with van der Waals surface area (Å²) in [6, 6.07) is 0. The lowest BCUT2D eigenvalue weighted by atomic mass is 10.2. The third-order valence-corrected chi connectivity index (χ3v) is 6.82. The molecule has 3 rings (SSSR count). The molecule has 38 heavy (non-hydrogen) atoms. The van der Waals surface area contributed by atoms with Crippen LogP contribution in [0, 0.1) is 11.8 Å². The molecule has 4 N–H and O–H groups in total. The van der Waals surface area contributed by atoms with Gasteiger partial charge in [0.2, 0.25) is 7.44 Å². The van der Waals surface area contributed by atoms with Crippen molar-refractivity contribution < 1.29 is 37.5 Å². The molecule has 0 unspecified atom stereocenters. The van der Waals surface area contributed by atoms with Crippen molar-refractivity contribution in [2.24, 2.45) is 11.8 Å². The summed E-state index contributed by atoms with van der Waals surface area (Å²) >= 11 is 0. The maximum Gasteiger partial charge on any atom is 0.320 e. The van der Waals surface area contributed by atoms with Gasteiger partial charge in [-0.3, -0.25) is 18.7 Å². The minimum Gasteiger partial charge on any atom is -0.464 e. The number of nitrogens with one attached hydrogen (secondary N) is 2. The number of imidazole rings is 1. The summed E-state index contributed by atoms with van der Waals surface area (Å²) in [6.07, 6.45) is 0.524. The van der Waals surface area contributed by atoms with Gasteiger partial charge < -0.3 is 24.7 Å². The lowest BCUT2D eigenvalue weighted by molar-refractivity contribution is -0.143. The maximum atomic E-state index is 14.8. The number of esters is 2. The zero-order valence-corrected chi connectivity index (χ0v) is 22.5. The molecule has 0 aromatic carbocycles. The van der Waals surface area contributed by atoms with E-state index in [2.05, 4.69) is 25.1 Å². The fraction of sp³-hybridized carbons (Fsp3) is 0.591. The lowest BCUT2D eigenvalue weighted by Gasteiger charge is -2.22. The lowest BCUT2D eigenvalue weighted by Crippen LogP contribution is -2.34. The molecule has 0 amide bonds. The molecule has 0 aliphatic carbocycles. The Morgan fingerprint density at radius 2 is 1.71 bits per heavy atom. The molecule has 0 radical (unpaired) electrons. The quantitative estimate of drug-likeness (QED) is 0.226. The molecule has 0 bridgehead atoms. The van der Waals surface area contributed by atoms with E-state index in [1.807, 2.05) is 27.7 Å². The van der Waals surface area contributed by atoms with Crippen LogP contribution in [-0.4, -0.2) is 70.4 Å². The second-order valence-electron chi connectivity index (χ2n) is 9.35. The summed E-state index contributed by atoms with van der Waals surface area (Å²) in [5, 5.41) is 5.13. The average molecular weight is 558 g/mol. The van der Waals surface area contributed by atoms with Crippen LogP contribution in [0.1, 0.15) is 33.9 Å². The maximum absolute atomic E-state index is 14.8. The van der Waals surface area contributed by atoms with E-state index in [9.17, 15) is 18.5 Å². The highest BCUT2D eigenvalue weighted by Gasteiger charge is 2.34. The minimum absolute atomic E-state index is 0.118. The Morgan fingerprint density at radius 3 is 2.29 bits per heavy atom. The van der Waals surface area contributed by atoms with Crippen LogP contribution in [0.5, 0.6) is 0 Å². The Balaban J connectivity index is 1.63. The highest BCUT2D eigenvalue weighted by Crippen LogP contribution is 2.38. The highest BCUT2D eigenvalue weighted by molar-refractivity contribution is 7.59. The molecule has 0 spiro atoms. The number of halogens is 1. The first-order valence-corrected chi connectivity index (χ1v) is 13.8. The molecule has 1 aliphatic rings. The molecular weight excluding hydrogens is 524 g/mol. The fourth-order valence-electron chi connectivity index (χ4n) is 3.10. The number of rotatable bonds is 14. The van der Waals surface area contributed by atoms with Crippen LogP contribution in [0.3, 0.4) is 0 Å². The predicted molar refractivity (Wildman–Crippen MR) is 134 cm³/mol. The first-order valence-electron chi connectivity index (χ1n) is 11.9. The monoisotopic (exact) mass is 557 g/mol. The number of fused-ring (bicyclic) bond motifs is 1. The average Bonchev–Trinajstić information content (AvgIpc) is 3.46. The van der Waals surface area contributed by atoms with Gasteiger partial charge >= 0.3 is 11.9 Å². The SMILES string of the molecule is CC(C)COC(=O)CNP(=O)(CO[C@@H]1C=C(F)[C@H](n2cnc3c(N)ncnc32)O1)NCC(=O)OCC(C)C. The third kappa shape index (κ3) is 8.27. The van der Waals surface area contributed by atoms with Crippen molar-refractivity contribution in [3.05, 3.63) is 24.6 Å². The van der Waals surface area contributed by atoms with E-state index in [1.54, 1.807) is 0 Å². The second-order valence-corrected chi connectivity index (χ2v) is 11.7. The molecule has 1 aliphatic heterocycles. The van der Waals surface area contributed by atoms with Crippen LogP contribution >= 0.6 is 7.44 Å². The molecule has 14 nitrogen and oxygen atoms in total. The first kappa shape index (κ1) is 29.6. The summed E-state index contributed by atoms with van der Waals surface area (Å²) in [4.78, 5) is 36.1. The number of nitrogens with two attached hydrogens (primary N) is 1. The molecule has 0 saturated heterocycles. The fourth-order valence-corrected chi connectivity index (χ4v) is 4.52. The first-order chi connectivity index (χ1) is 18.0. The minimum atomic E-state index is -3.73. The van der Waals surface area contributed by atoms with Crippen LogP contribution in [-0.2, 0) is 33.1 Å². The van der Waals surface area contributed by atoms with Gasteiger partial charge in [0, 0.05) is 6.08 Å². The number of hydrogen-bond donors (Lipinski definition) is 3. The highest BCUT2D eigenvalue weighted by atomic mass is 31.2. The van der Waals surface area contributed by atoms with Crippen LogP contribution in [0.4, 0.5) is 10.2 Å². The van der Waals surface area contributed by atoms with Crippen molar-refractivity contribution in [3.8, 4) is 0 Å². The number of anilines is 1. The van der Waals surface area contributed by atoms with Gasteiger partial charge in [0.15, 0.2) is 29.8 Å². The van der Waals surface area contributed by atoms with Crippen molar-refractivity contribution >= 4 is 36.4 Å². The van der Waals surface area contributed by atoms with E-state index in [0.29, 0.717) is 0 Å². The van der Waals surface area contributed by atoms with E-state index in [-0.39, 0.29) is 42.0 Å². The molecule has 0 saturated carbocycles. The Hall–Kier alpha value is -2.97. The summed E-state index contributed by atoms with van der Waals surface area (Å²) in [5.74, 6) is -1.61. The Morgan fingerprint density at radius 1 is 1.11 bits per heavy atom. The summed E-state index contributed by atoms with van der Waals surface area (Å²) in [7, 11) is -3.73. The molecule has 2 atom stereocenters. The standard InChI is InChI=1S/C22H33FN7O7P/c1-13(2)8-34-16(31)6-28-38(33,29-7-17(32)35-9-14(3)4)12-36-18-5-15(23)22(37-18)30-11-27-19-20(24)25-10-26-21(19)30/h5,10-11,13-14,18,22H,6-9,12H2,1-4H3,(H2,24,25,26)(H2,28,29,33)/t18-,22+/m0/s1. The van der Waals surface area contributed by atoms with Gasteiger partial charge in [0.1, 0.15) is 31.3 Å². The summed E-state index contributed by atoms with van der Waals surface area (Å²) in [6.45, 7) is 7.05. The number of hydrogen-bond acceptors (Lipinski definition) is 11. The topological polar surface area (TPSA) is 182 Å². The Kier molecular flexibility index (Phi) is 10.3. The van der Waals surface area contributed by atoms with Crippen molar-refractivity contribution in [2.75, 3.05) is 38.4 Å². The Bertz CT molecular complexity index is 1170. The van der Waals surface area contributed by atoms with Gasteiger partial charge in [0.05, 0.1) is 19.5 Å². The number of nitrogens with zero attached hydrogens (tertiary/aromatic N) is 4. The van der Waals surface area contributed by atoms with Gasteiger partial charge in [0.25, 0.3) is 0 Å². The summed E-state index contributed by atoms with van der Waals surface area (Å²) in [5.41, 5.74) is 6.31. The van der Waals surface area contributed by atoms with Gasteiger partial charge in [-0.2, -0.15) is 0 Å². The number of carbonyl (C=O) groups is 2. The Labute approximate surface area is 218 Å². The van der Waals surface area contributed by atoms with E-state index >= 15 is 0 Å². The van der Waals surface area contributed by atoms with Gasteiger partial charge in [-0.15, -0.1) is 0 Å². The van der Waals surface area contributed by atoms with Crippen molar-refractivity contribution in [2.45, 2.75) is 40.2 Å². The van der Waals surface area contributed by atoms with E-state index in [4.69, 9.17) is 24.7 Å². The van der Waals surface area contributed by atoms with Crippen LogP contribution in [0.2, 0.25) is 0 Å². The van der Waals surface area contributed by atoms with Gasteiger partial charge in [-0.25, -0.2) is 29.5 Å². The third-order valence-electron chi connectivity index (χ3n) is 4.97. The molecular formula is C22H33FN7O7P. The van der Waals surface area contributed by atoms with Crippen LogP contribution < -0.4 is 15.9 Å². The number of ether oxygens (including phenoxy) is 4. The molecule has 210 valence electrons. The second kappa shape index (κ2) is 13.2. The molecule has 16 heteroatoms. The number of nitrogen functional groups attached to an aromatic ring is 1. The molecule has 2 aromatic heterocycles. The van der Waals surface area contributed by atoms with Gasteiger partial charge in [-0.1, -0.05) is 27.7 Å². The molecule has 2 aromatic rings. The van der Waals surface area contributed by atoms with Crippen molar-refractivity contribution in [1.82, 2.24) is 29.7 Å². The van der Waals surface area contributed by atoms with Crippen LogP contribution in [0.15, 0.2) is 24.6 Å². The smallest absolute Gasteiger partial charge is 0.320 e. The number of carbonyl (C=O) groups excluding carboxylic acids is 2. The van der Waals surface area contributed by atoms with E-state index in [1.165, 1.54) is 17.2 Å². The molecule has 0 fully saturated rings. The molecule has 3 heterocycles. The summed E-state index contributed by atoms with van der Waals surface area (Å²) < 4.78 is 50.9. The van der Waals surface area contributed by atoms with Crippen molar-refractivity contribution in [3.63, 3.8) is 0 Å². The zero-order chi connectivity index (χ0) is 27.9. The van der Waals surface area contributed by atoms with Gasteiger partial charge in [-0.05, 0) is 11.8 Å². The largest absolute Gasteiger partial charge is 0.464 e. The normalized spacial score (nSPS) is 17.8. The zero-order valence-electron chi connectivity index (χ0n) is 21.6.